The van der Waals surface area contributed by atoms with Gasteiger partial charge >= 0.3 is 5.97 Å². The molecule has 0 fully saturated rings. The number of rotatable bonds is 6. The van der Waals surface area contributed by atoms with E-state index < -0.39 is 5.97 Å². The highest BCUT2D eigenvalue weighted by molar-refractivity contribution is 5.83. The van der Waals surface area contributed by atoms with Gasteiger partial charge in [-0.3, -0.25) is 0 Å². The average Bonchev–Trinajstić information content (AvgIpc) is 2.47. The number of carbonyl (C=O) groups is 1. The first-order valence-electron chi connectivity index (χ1n) is 7.67. The Balaban J connectivity index is 3.40. The monoisotopic (exact) mass is 288 g/mol. The van der Waals surface area contributed by atoms with Crippen LogP contribution >= 0.6 is 0 Å². The second-order valence-electron chi connectivity index (χ2n) is 6.81. The van der Waals surface area contributed by atoms with Crippen molar-refractivity contribution < 1.29 is 9.53 Å². The van der Waals surface area contributed by atoms with Gasteiger partial charge in [-0.05, 0) is 35.3 Å². The quantitative estimate of drug-likeness (QED) is 0.411. The molecule has 21 heavy (non-hydrogen) atoms. The summed E-state index contributed by atoms with van der Waals surface area (Å²) in [5.74, 6) is 0.230. The van der Waals surface area contributed by atoms with Crippen molar-refractivity contribution in [2.24, 2.45) is 0 Å². The lowest BCUT2D eigenvalue weighted by atomic mass is 9.76. The van der Waals surface area contributed by atoms with Crippen molar-refractivity contribution in [3.8, 4) is 5.75 Å². The molecule has 1 aromatic rings. The van der Waals surface area contributed by atoms with Gasteiger partial charge < -0.3 is 4.74 Å². The Morgan fingerprint density at radius 2 is 1.71 bits per heavy atom. The number of ether oxygens (including phenoxy) is 1. The van der Waals surface area contributed by atoms with Crippen LogP contribution < -0.4 is 4.74 Å². The third-order valence-corrected chi connectivity index (χ3v) is 4.64. The van der Waals surface area contributed by atoms with Gasteiger partial charge in [0.1, 0.15) is 5.75 Å². The van der Waals surface area contributed by atoms with Gasteiger partial charge in [0.05, 0.1) is 0 Å². The predicted molar refractivity (Wildman–Crippen MR) is 88.9 cm³/mol. The fourth-order valence-corrected chi connectivity index (χ4v) is 2.11. The van der Waals surface area contributed by atoms with Gasteiger partial charge in [0, 0.05) is 11.6 Å². The first-order valence-corrected chi connectivity index (χ1v) is 7.67. The minimum absolute atomic E-state index is 0.0450. The molecule has 2 heteroatoms. The zero-order valence-corrected chi connectivity index (χ0v) is 14.2. The first-order chi connectivity index (χ1) is 9.67. The topological polar surface area (TPSA) is 26.3 Å². The molecule has 0 aliphatic rings. The Bertz CT molecular complexity index is 524. The third kappa shape index (κ3) is 3.96. The molecule has 0 atom stereocenters. The first kappa shape index (κ1) is 17.5. The molecule has 0 unspecified atom stereocenters. The van der Waals surface area contributed by atoms with Crippen molar-refractivity contribution in [2.45, 2.75) is 65.2 Å². The molecule has 2 nitrogen and oxygen atoms in total. The van der Waals surface area contributed by atoms with Crippen molar-refractivity contribution in [3.05, 3.63) is 42.0 Å². The van der Waals surface area contributed by atoms with E-state index >= 15 is 0 Å². The summed E-state index contributed by atoms with van der Waals surface area (Å²) in [5.41, 5.74) is 2.43. The van der Waals surface area contributed by atoms with Crippen LogP contribution in [0.1, 0.15) is 65.5 Å². The molecule has 0 saturated carbocycles. The van der Waals surface area contributed by atoms with E-state index in [1.165, 1.54) is 11.6 Å². The normalized spacial score (nSPS) is 12.1. The summed E-state index contributed by atoms with van der Waals surface area (Å²) in [4.78, 5) is 11.5. The summed E-state index contributed by atoms with van der Waals surface area (Å²) in [6, 6.07) is 6.17. The summed E-state index contributed by atoms with van der Waals surface area (Å²) < 4.78 is 5.43. The Hall–Kier alpha value is -1.57. The molecule has 0 radical (unpaired) electrons. The SMILES string of the molecule is C=CC(=O)Oc1ccc(C(C)(C)CC)cc1C(C)(C)CC. The number of hydrogen-bond acceptors (Lipinski definition) is 2. The second kappa shape index (κ2) is 6.46. The Morgan fingerprint density at radius 3 is 2.19 bits per heavy atom. The van der Waals surface area contributed by atoms with Gasteiger partial charge in [0.25, 0.3) is 0 Å². The molecule has 0 N–H and O–H groups in total. The van der Waals surface area contributed by atoms with Crippen LogP contribution in [-0.2, 0) is 15.6 Å². The van der Waals surface area contributed by atoms with Crippen molar-refractivity contribution in [3.63, 3.8) is 0 Å². The van der Waals surface area contributed by atoms with E-state index in [4.69, 9.17) is 4.74 Å². The fraction of sp³-hybridized carbons (Fsp3) is 0.526. The molecule has 0 saturated heterocycles. The lowest BCUT2D eigenvalue weighted by Crippen LogP contribution is -2.21. The smallest absolute Gasteiger partial charge is 0.335 e. The zero-order chi connectivity index (χ0) is 16.3. The van der Waals surface area contributed by atoms with E-state index in [0.29, 0.717) is 5.75 Å². The highest BCUT2D eigenvalue weighted by atomic mass is 16.5. The summed E-state index contributed by atoms with van der Waals surface area (Å²) in [5, 5.41) is 0. The summed E-state index contributed by atoms with van der Waals surface area (Å²) in [7, 11) is 0. The highest BCUT2D eigenvalue weighted by Gasteiger charge is 2.27. The molecule has 0 bridgehead atoms. The van der Waals surface area contributed by atoms with Gasteiger partial charge in [-0.2, -0.15) is 0 Å². The Labute approximate surface area is 129 Å². The zero-order valence-electron chi connectivity index (χ0n) is 14.2. The van der Waals surface area contributed by atoms with Gasteiger partial charge in [-0.1, -0.05) is 60.3 Å². The number of esters is 1. The lowest BCUT2D eigenvalue weighted by Gasteiger charge is -2.30. The van der Waals surface area contributed by atoms with Crippen LogP contribution in [0.3, 0.4) is 0 Å². The summed E-state index contributed by atoms with van der Waals surface area (Å²) >= 11 is 0. The molecule has 0 spiro atoms. The van der Waals surface area contributed by atoms with Crippen LogP contribution in [0.4, 0.5) is 0 Å². The molecule has 0 aliphatic carbocycles. The van der Waals surface area contributed by atoms with Gasteiger partial charge in [0.2, 0.25) is 0 Å². The molecule has 0 aliphatic heterocycles. The second-order valence-corrected chi connectivity index (χ2v) is 6.81. The molecule has 1 rings (SSSR count). The Morgan fingerprint density at radius 1 is 1.14 bits per heavy atom. The molecule has 1 aromatic carbocycles. The van der Waals surface area contributed by atoms with E-state index in [2.05, 4.69) is 60.3 Å². The molecular formula is C19H28O2. The molecule has 0 amide bonds. The van der Waals surface area contributed by atoms with E-state index in [-0.39, 0.29) is 10.8 Å². The van der Waals surface area contributed by atoms with Crippen molar-refractivity contribution in [2.75, 3.05) is 0 Å². The highest BCUT2D eigenvalue weighted by Crippen LogP contribution is 2.38. The molecule has 116 valence electrons. The van der Waals surface area contributed by atoms with Crippen LogP contribution in [0, 0.1) is 0 Å². The lowest BCUT2D eigenvalue weighted by molar-refractivity contribution is -0.129. The minimum Gasteiger partial charge on any atom is -0.423 e. The van der Waals surface area contributed by atoms with Crippen molar-refractivity contribution >= 4 is 5.97 Å². The standard InChI is InChI=1S/C19H28O2/c1-8-17(20)21-16-12-11-14(18(4,5)9-2)13-15(16)19(6,7)10-3/h8,11-13H,1,9-10H2,2-7H3. The van der Waals surface area contributed by atoms with Crippen LogP contribution in [0.2, 0.25) is 0 Å². The van der Waals surface area contributed by atoms with Crippen LogP contribution in [0.5, 0.6) is 5.75 Å². The maximum atomic E-state index is 11.5. The van der Waals surface area contributed by atoms with E-state index in [0.717, 1.165) is 18.4 Å². The molecular weight excluding hydrogens is 260 g/mol. The van der Waals surface area contributed by atoms with E-state index in [1.54, 1.807) is 0 Å². The largest absolute Gasteiger partial charge is 0.423 e. The van der Waals surface area contributed by atoms with Crippen LogP contribution in [0.25, 0.3) is 0 Å². The maximum Gasteiger partial charge on any atom is 0.335 e. The molecule has 0 aromatic heterocycles. The number of hydrogen-bond donors (Lipinski definition) is 0. The number of benzene rings is 1. The van der Waals surface area contributed by atoms with Crippen molar-refractivity contribution in [1.29, 1.82) is 0 Å². The van der Waals surface area contributed by atoms with Crippen LogP contribution in [0.15, 0.2) is 30.9 Å². The summed E-state index contributed by atoms with van der Waals surface area (Å²) in [6.07, 6.45) is 3.24. The van der Waals surface area contributed by atoms with Gasteiger partial charge in [-0.15, -0.1) is 0 Å². The van der Waals surface area contributed by atoms with Crippen molar-refractivity contribution in [1.82, 2.24) is 0 Å². The molecule has 0 heterocycles. The van der Waals surface area contributed by atoms with Gasteiger partial charge in [-0.25, -0.2) is 4.79 Å². The van der Waals surface area contributed by atoms with E-state index in [1.807, 2.05) is 6.07 Å². The van der Waals surface area contributed by atoms with E-state index in [9.17, 15) is 4.79 Å². The van der Waals surface area contributed by atoms with Gasteiger partial charge in [0.15, 0.2) is 0 Å². The maximum absolute atomic E-state index is 11.5. The predicted octanol–water partition coefficient (Wildman–Crippen LogP) is 5.15. The third-order valence-electron chi connectivity index (χ3n) is 4.64. The average molecular weight is 288 g/mol. The Kier molecular flexibility index (Phi) is 5.38. The number of carbonyl (C=O) groups excluding carboxylic acids is 1. The van der Waals surface area contributed by atoms with Crippen LogP contribution in [-0.4, -0.2) is 5.97 Å². The minimum atomic E-state index is -0.411. The fourth-order valence-electron chi connectivity index (χ4n) is 2.11. The summed E-state index contributed by atoms with van der Waals surface area (Å²) in [6.45, 7) is 16.6.